The summed E-state index contributed by atoms with van der Waals surface area (Å²) in [6.45, 7) is 5.96. The molecule has 0 fully saturated rings. The minimum Gasteiger partial charge on any atom is -0.456 e. The van der Waals surface area contributed by atoms with Crippen LogP contribution >= 0.6 is 0 Å². The lowest BCUT2D eigenvalue weighted by Crippen LogP contribution is -2.06. The Morgan fingerprint density at radius 2 is 1.21 bits per heavy atom. The van der Waals surface area contributed by atoms with Crippen molar-refractivity contribution in [2.24, 2.45) is 15.0 Å². The van der Waals surface area contributed by atoms with Crippen molar-refractivity contribution in [3.63, 3.8) is 0 Å². The van der Waals surface area contributed by atoms with Crippen LogP contribution in [-0.4, -0.2) is 23.0 Å². The Morgan fingerprint density at radius 1 is 0.526 bits per heavy atom. The number of rotatable bonds is 8. The van der Waals surface area contributed by atoms with Gasteiger partial charge >= 0.3 is 0 Å². The third-order valence-corrected chi connectivity index (χ3v) is 10.2. The van der Waals surface area contributed by atoms with Gasteiger partial charge in [0.05, 0.1) is 16.7 Å². The second kappa shape index (κ2) is 15.6. The predicted molar refractivity (Wildman–Crippen MR) is 241 cm³/mol. The number of furan rings is 1. The Hall–Kier alpha value is -7.63. The minimum atomic E-state index is 0.473. The third kappa shape index (κ3) is 6.83. The molecule has 57 heavy (non-hydrogen) atoms. The van der Waals surface area contributed by atoms with E-state index in [9.17, 15) is 0 Å². The predicted octanol–water partition coefficient (Wildman–Crippen LogP) is 13.6. The molecular formula is C52H38N4O. The van der Waals surface area contributed by atoms with E-state index in [2.05, 4.69) is 132 Å². The van der Waals surface area contributed by atoms with Crippen molar-refractivity contribution < 1.29 is 4.42 Å². The van der Waals surface area contributed by atoms with Gasteiger partial charge in [0.15, 0.2) is 11.7 Å². The third-order valence-electron chi connectivity index (χ3n) is 10.2. The summed E-state index contributed by atoms with van der Waals surface area (Å²) in [6, 6.07) is 56.9. The summed E-state index contributed by atoms with van der Waals surface area (Å²) in [5.41, 5.74) is 11.1. The summed E-state index contributed by atoms with van der Waals surface area (Å²) < 4.78 is 8.63. The van der Waals surface area contributed by atoms with Crippen molar-refractivity contribution in [1.82, 2.24) is 4.57 Å². The zero-order valence-electron chi connectivity index (χ0n) is 31.5. The van der Waals surface area contributed by atoms with Gasteiger partial charge in [0.2, 0.25) is 0 Å². The number of hydrogen-bond acceptors (Lipinski definition) is 2. The number of para-hydroxylation sites is 2. The summed E-state index contributed by atoms with van der Waals surface area (Å²) in [7, 11) is 0. The van der Waals surface area contributed by atoms with Crippen LogP contribution in [0.4, 0.5) is 0 Å². The fraction of sp³-hybridized carbons (Fsp3) is 0.0192. The molecule has 5 heteroatoms. The lowest BCUT2D eigenvalue weighted by molar-refractivity contribution is 0.669. The maximum Gasteiger partial charge on any atom is 0.161 e. The van der Waals surface area contributed by atoms with Crippen molar-refractivity contribution >= 4 is 62.1 Å². The highest BCUT2D eigenvalue weighted by molar-refractivity contribution is 6.14. The Kier molecular flexibility index (Phi) is 9.61. The summed E-state index contributed by atoms with van der Waals surface area (Å²) in [5, 5.41) is 4.56. The average Bonchev–Trinajstić information content (AvgIpc) is 3.81. The number of amidine groups is 2. The molecule has 0 saturated heterocycles. The van der Waals surface area contributed by atoms with Gasteiger partial charge in [-0.25, -0.2) is 15.0 Å². The number of nitrogens with zero attached hydrogens (tertiary/aromatic N) is 4. The number of aromatic nitrogens is 1. The van der Waals surface area contributed by atoms with Crippen LogP contribution in [0.2, 0.25) is 0 Å². The molecule has 0 aliphatic carbocycles. The summed E-state index contributed by atoms with van der Waals surface area (Å²) in [6.07, 6.45) is 11.5. The highest BCUT2D eigenvalue weighted by atomic mass is 16.3. The van der Waals surface area contributed by atoms with Crippen molar-refractivity contribution in [3.8, 4) is 27.9 Å². The topological polar surface area (TPSA) is 55.1 Å². The van der Waals surface area contributed by atoms with E-state index in [-0.39, 0.29) is 0 Å². The van der Waals surface area contributed by atoms with Gasteiger partial charge in [-0.3, -0.25) is 0 Å². The first-order chi connectivity index (χ1) is 28.2. The molecule has 0 aliphatic rings. The van der Waals surface area contributed by atoms with Gasteiger partial charge in [0.1, 0.15) is 11.2 Å². The molecule has 0 N–H and O–H groups in total. The van der Waals surface area contributed by atoms with Gasteiger partial charge < -0.3 is 8.98 Å². The first kappa shape index (κ1) is 35.1. The van der Waals surface area contributed by atoms with E-state index < -0.39 is 0 Å². The van der Waals surface area contributed by atoms with Gasteiger partial charge in [-0.05, 0) is 78.9 Å². The van der Waals surface area contributed by atoms with Crippen LogP contribution in [-0.2, 0) is 0 Å². The fourth-order valence-corrected chi connectivity index (χ4v) is 7.48. The largest absolute Gasteiger partial charge is 0.456 e. The van der Waals surface area contributed by atoms with Crippen molar-refractivity contribution in [2.75, 3.05) is 0 Å². The van der Waals surface area contributed by atoms with E-state index in [0.717, 1.165) is 82.8 Å². The highest BCUT2D eigenvalue weighted by Crippen LogP contribution is 2.39. The van der Waals surface area contributed by atoms with E-state index in [4.69, 9.17) is 14.4 Å². The van der Waals surface area contributed by atoms with Gasteiger partial charge in [-0.15, -0.1) is 0 Å². The fourth-order valence-electron chi connectivity index (χ4n) is 7.48. The van der Waals surface area contributed by atoms with E-state index in [1.165, 1.54) is 0 Å². The molecule has 2 aromatic heterocycles. The molecule has 0 saturated carbocycles. The smallest absolute Gasteiger partial charge is 0.161 e. The number of aliphatic imine (C=N–C) groups is 3. The van der Waals surface area contributed by atoms with Crippen LogP contribution in [0.5, 0.6) is 0 Å². The van der Waals surface area contributed by atoms with Gasteiger partial charge in [0.25, 0.3) is 0 Å². The monoisotopic (exact) mass is 734 g/mol. The van der Waals surface area contributed by atoms with E-state index in [0.29, 0.717) is 11.7 Å². The maximum absolute atomic E-state index is 6.27. The van der Waals surface area contributed by atoms with Crippen molar-refractivity contribution in [3.05, 3.63) is 211 Å². The maximum atomic E-state index is 6.27. The molecule has 0 aliphatic heterocycles. The molecule has 0 spiro atoms. The Morgan fingerprint density at radius 3 is 2.04 bits per heavy atom. The molecule has 9 rings (SSSR count). The lowest BCUT2D eigenvalue weighted by atomic mass is 10.00. The Labute approximate surface area is 331 Å². The zero-order valence-corrected chi connectivity index (χ0v) is 31.5. The summed E-state index contributed by atoms with van der Waals surface area (Å²) in [5.74, 6) is 1.01. The molecule has 272 valence electrons. The van der Waals surface area contributed by atoms with Gasteiger partial charge in [0, 0.05) is 44.4 Å². The molecule has 0 unspecified atom stereocenters. The SMILES string of the molecule is C=NC(=NC(=N\C=C/C=C\C=C\C)c1ccccc1)c1ccc(-c2ccccc2)c(-n2c3ccccc3c3cc(-c4ccc5c(c4)oc4ccccc45)ccc32)c1. The molecule has 0 bridgehead atoms. The first-order valence-corrected chi connectivity index (χ1v) is 19.0. The van der Waals surface area contributed by atoms with Crippen LogP contribution in [0.25, 0.3) is 71.7 Å². The van der Waals surface area contributed by atoms with E-state index in [1.54, 1.807) is 6.20 Å². The molecule has 0 radical (unpaired) electrons. The first-order valence-electron chi connectivity index (χ1n) is 19.0. The van der Waals surface area contributed by atoms with Crippen LogP contribution in [0.1, 0.15) is 18.1 Å². The number of fused-ring (bicyclic) bond motifs is 6. The minimum absolute atomic E-state index is 0.473. The number of hydrogen-bond donors (Lipinski definition) is 0. The van der Waals surface area contributed by atoms with E-state index in [1.807, 2.05) is 85.8 Å². The number of allylic oxidation sites excluding steroid dienone is 5. The highest BCUT2D eigenvalue weighted by Gasteiger charge is 2.19. The standard InChI is InChI=1S/C52H38N4O/c1-3-4-5-6-17-32-54-52(37-20-11-8-12-21-37)55-51(53-2)40-27-29-41(36-18-9-7-10-19-36)48(34-40)56-46-24-15-13-22-42(46)45-33-38(28-31-47(45)56)39-26-30-44-43-23-14-16-25-49(43)57-50(44)35-39/h3-35H,2H2,1H3/b4-3+,6-5-,32-17-,54-52?,55-51?. The van der Waals surface area contributed by atoms with E-state index >= 15 is 0 Å². The van der Waals surface area contributed by atoms with Crippen LogP contribution in [0.15, 0.2) is 220 Å². The van der Waals surface area contributed by atoms with Crippen molar-refractivity contribution in [2.45, 2.75) is 6.92 Å². The number of benzene rings is 7. The quantitative estimate of drug-likeness (QED) is 0.0871. The Balaban J connectivity index is 1.21. The van der Waals surface area contributed by atoms with Gasteiger partial charge in [-0.2, -0.15) is 0 Å². The lowest BCUT2D eigenvalue weighted by Gasteiger charge is -2.16. The molecule has 2 heterocycles. The Bertz CT molecular complexity index is 3090. The normalized spacial score (nSPS) is 12.7. The van der Waals surface area contributed by atoms with Gasteiger partial charge in [-0.1, -0.05) is 146 Å². The van der Waals surface area contributed by atoms with Crippen LogP contribution in [0.3, 0.4) is 0 Å². The second-order valence-electron chi connectivity index (χ2n) is 13.7. The molecule has 0 amide bonds. The second-order valence-corrected chi connectivity index (χ2v) is 13.7. The average molecular weight is 735 g/mol. The molecule has 7 aromatic carbocycles. The van der Waals surface area contributed by atoms with Crippen LogP contribution < -0.4 is 0 Å². The molecule has 5 nitrogen and oxygen atoms in total. The summed E-state index contributed by atoms with van der Waals surface area (Å²) >= 11 is 0. The molecule has 9 aromatic rings. The molecular weight excluding hydrogens is 697 g/mol. The van der Waals surface area contributed by atoms with Crippen molar-refractivity contribution in [1.29, 1.82) is 0 Å². The molecule has 0 atom stereocenters. The van der Waals surface area contributed by atoms with Crippen LogP contribution in [0, 0.1) is 0 Å². The zero-order chi connectivity index (χ0) is 38.6. The summed E-state index contributed by atoms with van der Waals surface area (Å²) in [4.78, 5) is 14.3.